The smallest absolute Gasteiger partial charge is 0.232 e. The number of carbonyl (C=O) groups is 1. The second kappa shape index (κ2) is 7.32. The Labute approximate surface area is 131 Å². The van der Waals surface area contributed by atoms with Gasteiger partial charge < -0.3 is 10.2 Å². The van der Waals surface area contributed by atoms with E-state index in [-0.39, 0.29) is 0 Å². The highest BCUT2D eigenvalue weighted by Gasteiger charge is 2.21. The summed E-state index contributed by atoms with van der Waals surface area (Å²) >= 11 is 1.86. The molecule has 0 saturated carbocycles. The zero-order valence-corrected chi connectivity index (χ0v) is 13.3. The van der Waals surface area contributed by atoms with Gasteiger partial charge in [-0.15, -0.1) is 11.8 Å². The zero-order chi connectivity index (χ0) is 14.5. The predicted molar refractivity (Wildman–Crippen MR) is 88.5 cm³/mol. The van der Waals surface area contributed by atoms with Crippen LogP contribution in [0.4, 0.5) is 0 Å². The molecule has 4 heteroatoms. The lowest BCUT2D eigenvalue weighted by Crippen LogP contribution is -2.34. The van der Waals surface area contributed by atoms with Crippen LogP contribution in [0.25, 0.3) is 0 Å². The number of piperidine rings is 1. The lowest BCUT2D eigenvalue weighted by molar-refractivity contribution is -0.128. The van der Waals surface area contributed by atoms with Crippen molar-refractivity contribution in [3.8, 4) is 0 Å². The topological polar surface area (TPSA) is 32.3 Å². The molecule has 0 bridgehead atoms. The molecule has 0 aromatic heterocycles. The van der Waals surface area contributed by atoms with Crippen LogP contribution >= 0.6 is 11.8 Å². The van der Waals surface area contributed by atoms with Crippen LogP contribution in [0.15, 0.2) is 24.3 Å². The molecular weight excluding hydrogens is 280 g/mol. The van der Waals surface area contributed by atoms with Gasteiger partial charge in [-0.25, -0.2) is 0 Å². The Morgan fingerprint density at radius 3 is 2.81 bits per heavy atom. The highest BCUT2D eigenvalue weighted by molar-refractivity contribution is 8.00. The zero-order valence-electron chi connectivity index (χ0n) is 12.5. The summed E-state index contributed by atoms with van der Waals surface area (Å²) in [6.07, 6.45) is 4.57. The summed E-state index contributed by atoms with van der Waals surface area (Å²) in [5.41, 5.74) is 2.74. The van der Waals surface area contributed by atoms with E-state index in [0.717, 1.165) is 39.0 Å². The Kier molecular flexibility index (Phi) is 5.20. The Morgan fingerprint density at radius 1 is 1.24 bits per heavy atom. The molecule has 0 atom stereocenters. The van der Waals surface area contributed by atoms with E-state index < -0.39 is 0 Å². The van der Waals surface area contributed by atoms with Crippen molar-refractivity contribution in [2.45, 2.75) is 37.5 Å². The highest BCUT2D eigenvalue weighted by Crippen LogP contribution is 2.23. The summed E-state index contributed by atoms with van der Waals surface area (Å²) in [4.78, 5) is 14.5. The predicted octanol–water partition coefficient (Wildman–Crippen LogP) is 2.45. The minimum atomic E-state index is 0.315. The summed E-state index contributed by atoms with van der Waals surface area (Å²) in [5, 5.41) is 4.04. The first-order valence-corrected chi connectivity index (χ1v) is 9.04. The van der Waals surface area contributed by atoms with Crippen molar-refractivity contribution in [3.63, 3.8) is 0 Å². The number of nitrogens with zero attached hydrogens (tertiary/aromatic N) is 1. The van der Waals surface area contributed by atoms with Crippen LogP contribution in [0.5, 0.6) is 0 Å². The second-order valence-electron chi connectivity index (χ2n) is 5.95. The van der Waals surface area contributed by atoms with E-state index in [4.69, 9.17) is 0 Å². The van der Waals surface area contributed by atoms with Gasteiger partial charge in [0.2, 0.25) is 5.91 Å². The number of hydrogen-bond acceptors (Lipinski definition) is 3. The second-order valence-corrected chi connectivity index (χ2v) is 7.24. The van der Waals surface area contributed by atoms with Crippen molar-refractivity contribution < 1.29 is 4.79 Å². The van der Waals surface area contributed by atoms with Gasteiger partial charge in [0.05, 0.1) is 5.75 Å². The van der Waals surface area contributed by atoms with Gasteiger partial charge >= 0.3 is 0 Å². The largest absolute Gasteiger partial charge is 0.338 e. The Balaban J connectivity index is 1.55. The van der Waals surface area contributed by atoms with E-state index in [1.165, 1.54) is 24.0 Å². The maximum atomic E-state index is 12.5. The quantitative estimate of drug-likeness (QED) is 0.931. The summed E-state index contributed by atoms with van der Waals surface area (Å²) in [7, 11) is 0. The number of amides is 1. The molecule has 2 aliphatic heterocycles. The van der Waals surface area contributed by atoms with Crippen LogP contribution in [-0.2, 0) is 17.8 Å². The molecule has 0 unspecified atom stereocenters. The number of nitrogens with one attached hydrogen (secondary N) is 1. The average molecular weight is 304 g/mol. The minimum absolute atomic E-state index is 0.315. The van der Waals surface area contributed by atoms with Gasteiger partial charge in [0.15, 0.2) is 0 Å². The van der Waals surface area contributed by atoms with Crippen molar-refractivity contribution in [1.82, 2.24) is 10.2 Å². The number of benzene rings is 1. The number of carbonyl (C=O) groups excluding carboxylic acids is 1. The molecule has 1 aromatic rings. The normalized spacial score (nSPS) is 19.9. The van der Waals surface area contributed by atoms with Crippen LogP contribution in [-0.4, -0.2) is 41.4 Å². The molecule has 1 amide bonds. The molecule has 21 heavy (non-hydrogen) atoms. The third-order valence-electron chi connectivity index (χ3n) is 4.44. The van der Waals surface area contributed by atoms with Gasteiger partial charge in [-0.2, -0.15) is 0 Å². The van der Waals surface area contributed by atoms with Crippen molar-refractivity contribution in [2.24, 2.45) is 0 Å². The fourth-order valence-corrected chi connectivity index (χ4v) is 4.29. The van der Waals surface area contributed by atoms with Crippen molar-refractivity contribution in [3.05, 3.63) is 35.4 Å². The monoisotopic (exact) mass is 304 g/mol. The van der Waals surface area contributed by atoms with Gasteiger partial charge in [-0.05, 0) is 49.9 Å². The summed E-state index contributed by atoms with van der Waals surface area (Å²) in [5.74, 6) is 0.961. The Hall–Kier alpha value is -1.00. The fraction of sp³-hybridized carbons (Fsp3) is 0.588. The molecule has 1 fully saturated rings. The van der Waals surface area contributed by atoms with E-state index in [1.54, 1.807) is 0 Å². The standard InChI is InChI=1S/C17H24N2OS/c20-17(13-21-16-7-9-18-10-8-16)19-11-3-6-14-4-1-2-5-15(14)12-19/h1-2,4-5,16,18H,3,6-13H2. The molecule has 1 aromatic carbocycles. The van der Waals surface area contributed by atoms with Gasteiger partial charge in [0.25, 0.3) is 0 Å². The highest BCUT2D eigenvalue weighted by atomic mass is 32.2. The summed E-state index contributed by atoms with van der Waals surface area (Å²) in [6.45, 7) is 3.90. The lowest BCUT2D eigenvalue weighted by atomic mass is 10.0. The average Bonchev–Trinajstić information content (AvgIpc) is 2.76. The van der Waals surface area contributed by atoms with Crippen molar-refractivity contribution in [2.75, 3.05) is 25.4 Å². The molecule has 3 nitrogen and oxygen atoms in total. The Morgan fingerprint density at radius 2 is 2.00 bits per heavy atom. The van der Waals surface area contributed by atoms with Gasteiger partial charge in [-0.1, -0.05) is 24.3 Å². The summed E-state index contributed by atoms with van der Waals surface area (Å²) in [6, 6.07) is 8.55. The number of thioether (sulfide) groups is 1. The molecule has 0 aliphatic carbocycles. The molecular formula is C17H24N2OS. The maximum absolute atomic E-state index is 12.5. The molecule has 2 aliphatic rings. The minimum Gasteiger partial charge on any atom is -0.338 e. The van der Waals surface area contributed by atoms with Crippen molar-refractivity contribution in [1.29, 1.82) is 0 Å². The first-order chi connectivity index (χ1) is 10.3. The molecule has 0 spiro atoms. The van der Waals surface area contributed by atoms with E-state index in [0.29, 0.717) is 16.9 Å². The Bertz CT molecular complexity index is 485. The number of fused-ring (bicyclic) bond motifs is 1. The van der Waals surface area contributed by atoms with Gasteiger partial charge in [0.1, 0.15) is 0 Å². The molecule has 1 N–H and O–H groups in total. The van der Waals surface area contributed by atoms with E-state index in [9.17, 15) is 4.79 Å². The molecule has 2 heterocycles. The lowest BCUT2D eigenvalue weighted by Gasteiger charge is -2.24. The molecule has 0 radical (unpaired) electrons. The van der Waals surface area contributed by atoms with Crippen LogP contribution in [0.1, 0.15) is 30.4 Å². The van der Waals surface area contributed by atoms with E-state index >= 15 is 0 Å². The first-order valence-electron chi connectivity index (χ1n) is 8.00. The third kappa shape index (κ3) is 4.01. The maximum Gasteiger partial charge on any atom is 0.232 e. The molecule has 3 rings (SSSR count). The van der Waals surface area contributed by atoms with Crippen molar-refractivity contribution >= 4 is 17.7 Å². The fourth-order valence-electron chi connectivity index (χ4n) is 3.16. The SMILES string of the molecule is O=C(CSC1CCNCC1)N1CCCc2ccccc2C1. The number of hydrogen-bond donors (Lipinski definition) is 1. The van der Waals surface area contributed by atoms with Crippen LogP contribution in [0.2, 0.25) is 0 Å². The molecule has 1 saturated heterocycles. The van der Waals surface area contributed by atoms with E-state index in [2.05, 4.69) is 34.5 Å². The third-order valence-corrected chi connectivity index (χ3v) is 5.79. The summed E-state index contributed by atoms with van der Waals surface area (Å²) < 4.78 is 0. The van der Waals surface area contributed by atoms with Gasteiger partial charge in [-0.3, -0.25) is 4.79 Å². The van der Waals surface area contributed by atoms with Crippen LogP contribution in [0.3, 0.4) is 0 Å². The van der Waals surface area contributed by atoms with Gasteiger partial charge in [0, 0.05) is 18.3 Å². The number of aryl methyl sites for hydroxylation is 1. The first kappa shape index (κ1) is 14.9. The van der Waals surface area contributed by atoms with Crippen LogP contribution in [0, 0.1) is 0 Å². The number of rotatable bonds is 3. The molecule has 114 valence electrons. The van der Waals surface area contributed by atoms with E-state index in [1.807, 2.05) is 11.8 Å². The van der Waals surface area contributed by atoms with Crippen LogP contribution < -0.4 is 5.32 Å².